The third kappa shape index (κ3) is 4.45. The minimum atomic E-state index is -0.585. The number of hydrogen-bond acceptors (Lipinski definition) is 6. The summed E-state index contributed by atoms with van der Waals surface area (Å²) in [5.41, 5.74) is 1.77. The lowest BCUT2D eigenvalue weighted by atomic mass is 10.1. The SMILES string of the molecule is COCCOc1ccc(CN2C(=O)COc3ccc(C(=O)CO)cc32)cc1. The van der Waals surface area contributed by atoms with Gasteiger partial charge in [0.15, 0.2) is 12.4 Å². The molecule has 0 atom stereocenters. The summed E-state index contributed by atoms with van der Waals surface area (Å²) in [5.74, 6) is 0.647. The zero-order chi connectivity index (χ0) is 19.2. The number of anilines is 1. The molecule has 1 amide bonds. The van der Waals surface area contributed by atoms with E-state index in [4.69, 9.17) is 19.3 Å². The normalized spacial score (nSPS) is 13.1. The molecule has 142 valence electrons. The van der Waals surface area contributed by atoms with E-state index in [0.29, 0.717) is 36.8 Å². The standard InChI is InChI=1S/C20H21NO6/c1-25-8-9-26-16-5-2-14(3-6-16)11-21-17-10-15(18(23)12-22)4-7-19(17)27-13-20(21)24/h2-7,10,22H,8-9,11-13H2,1H3. The molecule has 0 bridgehead atoms. The molecule has 7 nitrogen and oxygen atoms in total. The molecule has 0 radical (unpaired) electrons. The van der Waals surface area contributed by atoms with Crippen LogP contribution in [0.3, 0.4) is 0 Å². The van der Waals surface area contributed by atoms with Crippen molar-refractivity contribution in [3.05, 3.63) is 53.6 Å². The van der Waals surface area contributed by atoms with Gasteiger partial charge in [-0.1, -0.05) is 12.1 Å². The van der Waals surface area contributed by atoms with Crippen LogP contribution in [0.5, 0.6) is 11.5 Å². The summed E-state index contributed by atoms with van der Waals surface area (Å²) in [7, 11) is 1.61. The summed E-state index contributed by atoms with van der Waals surface area (Å²) in [4.78, 5) is 25.7. The first-order valence-electron chi connectivity index (χ1n) is 8.54. The number of carbonyl (C=O) groups is 2. The van der Waals surface area contributed by atoms with Gasteiger partial charge in [0, 0.05) is 12.7 Å². The summed E-state index contributed by atoms with van der Waals surface area (Å²) in [5, 5.41) is 9.07. The van der Waals surface area contributed by atoms with E-state index < -0.39 is 12.4 Å². The molecule has 0 saturated heterocycles. The van der Waals surface area contributed by atoms with Crippen LogP contribution in [0, 0.1) is 0 Å². The monoisotopic (exact) mass is 371 g/mol. The molecule has 3 rings (SSSR count). The highest BCUT2D eigenvalue weighted by Gasteiger charge is 2.26. The molecule has 1 aliphatic heterocycles. The van der Waals surface area contributed by atoms with Crippen molar-refractivity contribution in [2.45, 2.75) is 6.54 Å². The first-order valence-corrected chi connectivity index (χ1v) is 8.54. The van der Waals surface area contributed by atoms with Crippen LogP contribution in [0.1, 0.15) is 15.9 Å². The number of ether oxygens (including phenoxy) is 3. The maximum Gasteiger partial charge on any atom is 0.265 e. The predicted molar refractivity (Wildman–Crippen MR) is 98.4 cm³/mol. The number of Topliss-reactive ketones (excluding diaryl/α,β-unsaturated/α-hetero) is 1. The molecule has 0 unspecified atom stereocenters. The first kappa shape index (κ1) is 18.9. The van der Waals surface area contributed by atoms with Gasteiger partial charge >= 0.3 is 0 Å². The van der Waals surface area contributed by atoms with Crippen LogP contribution in [-0.4, -0.2) is 50.3 Å². The van der Waals surface area contributed by atoms with E-state index in [9.17, 15) is 9.59 Å². The zero-order valence-corrected chi connectivity index (χ0v) is 15.0. The third-order valence-corrected chi connectivity index (χ3v) is 4.19. The van der Waals surface area contributed by atoms with E-state index in [1.54, 1.807) is 30.2 Å². The van der Waals surface area contributed by atoms with Crippen molar-refractivity contribution < 1.29 is 28.9 Å². The van der Waals surface area contributed by atoms with Crippen molar-refractivity contribution in [2.75, 3.05) is 38.4 Å². The third-order valence-electron chi connectivity index (χ3n) is 4.19. The first-order chi connectivity index (χ1) is 13.1. The minimum Gasteiger partial charge on any atom is -0.491 e. The van der Waals surface area contributed by atoms with Crippen LogP contribution < -0.4 is 14.4 Å². The number of benzene rings is 2. The maximum atomic E-state index is 12.4. The Bertz CT molecular complexity index is 818. The van der Waals surface area contributed by atoms with Gasteiger partial charge in [0.25, 0.3) is 5.91 Å². The number of nitrogens with zero attached hydrogens (tertiary/aromatic N) is 1. The highest BCUT2D eigenvalue weighted by Crippen LogP contribution is 2.34. The fourth-order valence-corrected chi connectivity index (χ4v) is 2.76. The van der Waals surface area contributed by atoms with Crippen LogP contribution in [-0.2, 0) is 16.1 Å². The van der Waals surface area contributed by atoms with Gasteiger partial charge in [-0.15, -0.1) is 0 Å². The molecule has 1 heterocycles. The van der Waals surface area contributed by atoms with Crippen LogP contribution in [0.2, 0.25) is 0 Å². The number of hydrogen-bond donors (Lipinski definition) is 1. The average Bonchev–Trinajstić information content (AvgIpc) is 2.70. The van der Waals surface area contributed by atoms with Gasteiger partial charge in [-0.2, -0.15) is 0 Å². The fraction of sp³-hybridized carbons (Fsp3) is 0.300. The topological polar surface area (TPSA) is 85.3 Å². The summed E-state index contributed by atoms with van der Waals surface area (Å²) < 4.78 is 15.9. The van der Waals surface area contributed by atoms with E-state index in [-0.39, 0.29) is 12.5 Å². The van der Waals surface area contributed by atoms with Gasteiger partial charge < -0.3 is 24.2 Å². The number of amides is 1. The second-order valence-electron chi connectivity index (χ2n) is 6.02. The smallest absolute Gasteiger partial charge is 0.265 e. The van der Waals surface area contributed by atoms with Crippen molar-refractivity contribution in [1.82, 2.24) is 0 Å². The number of methoxy groups -OCH3 is 1. The minimum absolute atomic E-state index is 0.0570. The molecular weight excluding hydrogens is 350 g/mol. The van der Waals surface area contributed by atoms with Gasteiger partial charge in [0.1, 0.15) is 24.7 Å². The van der Waals surface area contributed by atoms with E-state index in [0.717, 1.165) is 11.3 Å². The molecule has 1 aliphatic rings. The van der Waals surface area contributed by atoms with Crippen molar-refractivity contribution in [2.24, 2.45) is 0 Å². The van der Waals surface area contributed by atoms with Crippen LogP contribution in [0.25, 0.3) is 0 Å². The van der Waals surface area contributed by atoms with Crippen molar-refractivity contribution >= 4 is 17.4 Å². The van der Waals surface area contributed by atoms with E-state index in [1.165, 1.54) is 0 Å². The zero-order valence-electron chi connectivity index (χ0n) is 15.0. The van der Waals surface area contributed by atoms with Crippen molar-refractivity contribution in [3.8, 4) is 11.5 Å². The second-order valence-corrected chi connectivity index (χ2v) is 6.02. The molecule has 0 spiro atoms. The molecule has 1 N–H and O–H groups in total. The van der Waals surface area contributed by atoms with E-state index in [2.05, 4.69) is 0 Å². The molecule has 2 aromatic carbocycles. The molecule has 2 aromatic rings. The fourth-order valence-electron chi connectivity index (χ4n) is 2.76. The number of aliphatic hydroxyl groups is 1. The summed E-state index contributed by atoms with van der Waals surface area (Å²) in [6.45, 7) is 0.670. The van der Waals surface area contributed by atoms with Gasteiger partial charge in [0.2, 0.25) is 0 Å². The number of rotatable bonds is 8. The van der Waals surface area contributed by atoms with Crippen molar-refractivity contribution in [3.63, 3.8) is 0 Å². The van der Waals surface area contributed by atoms with Crippen LogP contribution in [0.4, 0.5) is 5.69 Å². The maximum absolute atomic E-state index is 12.4. The summed E-state index contributed by atoms with van der Waals surface area (Å²) in [6, 6.07) is 12.2. The Morgan fingerprint density at radius 1 is 1.19 bits per heavy atom. The Morgan fingerprint density at radius 2 is 1.96 bits per heavy atom. The van der Waals surface area contributed by atoms with E-state index in [1.807, 2.05) is 24.3 Å². The summed E-state index contributed by atoms with van der Waals surface area (Å²) >= 11 is 0. The molecule has 0 aromatic heterocycles. The lowest BCUT2D eigenvalue weighted by Crippen LogP contribution is -2.38. The van der Waals surface area contributed by atoms with Gasteiger partial charge in [0.05, 0.1) is 18.8 Å². The largest absolute Gasteiger partial charge is 0.491 e. The molecule has 0 aliphatic carbocycles. The Labute approximate surface area is 157 Å². The second kappa shape index (κ2) is 8.66. The number of aliphatic hydroxyl groups excluding tert-OH is 1. The predicted octanol–water partition coefficient (Wildman–Crippen LogP) is 1.81. The Hall–Kier alpha value is -2.90. The summed E-state index contributed by atoms with van der Waals surface area (Å²) in [6.07, 6.45) is 0. The Morgan fingerprint density at radius 3 is 2.67 bits per heavy atom. The Balaban J connectivity index is 1.78. The van der Waals surface area contributed by atoms with Gasteiger partial charge in [-0.25, -0.2) is 0 Å². The van der Waals surface area contributed by atoms with Crippen LogP contribution >= 0.6 is 0 Å². The molecule has 7 heteroatoms. The highest BCUT2D eigenvalue weighted by molar-refractivity contribution is 6.02. The highest BCUT2D eigenvalue weighted by atomic mass is 16.5. The lowest BCUT2D eigenvalue weighted by molar-refractivity contribution is -0.121. The molecular formula is C20H21NO6. The van der Waals surface area contributed by atoms with Crippen LogP contribution in [0.15, 0.2) is 42.5 Å². The molecule has 0 fully saturated rings. The quantitative estimate of drug-likeness (QED) is 0.563. The Kier molecular flexibility index (Phi) is 6.05. The number of carbonyl (C=O) groups excluding carboxylic acids is 2. The molecule has 0 saturated carbocycles. The lowest BCUT2D eigenvalue weighted by Gasteiger charge is -2.30. The van der Waals surface area contributed by atoms with Crippen molar-refractivity contribution in [1.29, 1.82) is 0 Å². The number of fused-ring (bicyclic) bond motifs is 1. The molecule has 27 heavy (non-hydrogen) atoms. The van der Waals surface area contributed by atoms with Gasteiger partial charge in [-0.05, 0) is 35.9 Å². The number of ketones is 1. The van der Waals surface area contributed by atoms with E-state index >= 15 is 0 Å². The average molecular weight is 371 g/mol. The van der Waals surface area contributed by atoms with Gasteiger partial charge in [-0.3, -0.25) is 9.59 Å².